The Labute approximate surface area is 213 Å². The molecule has 2 aliphatic heterocycles. The van der Waals surface area contributed by atoms with Crippen molar-refractivity contribution in [2.45, 2.75) is 31.1 Å². The number of aliphatic imine (C=N–C) groups is 1. The van der Waals surface area contributed by atoms with Crippen molar-refractivity contribution in [2.75, 3.05) is 5.32 Å². The van der Waals surface area contributed by atoms with Gasteiger partial charge >= 0.3 is 0 Å². The number of para-hydroxylation sites is 1. The van der Waals surface area contributed by atoms with E-state index >= 15 is 0 Å². The van der Waals surface area contributed by atoms with Crippen LogP contribution >= 0.6 is 23.4 Å². The number of thioether (sulfide) groups is 1. The van der Waals surface area contributed by atoms with Crippen molar-refractivity contribution in [2.24, 2.45) is 10.1 Å². The minimum atomic E-state index is -0.583. The van der Waals surface area contributed by atoms with Crippen LogP contribution in [-0.4, -0.2) is 33.0 Å². The number of hydrazone groups is 1. The number of hydrogen-bond donors (Lipinski definition) is 1. The molecular weight excluding hydrogens is 480 g/mol. The topological polar surface area (TPSA) is 74.1 Å². The first-order valence-electron chi connectivity index (χ1n) is 11.3. The van der Waals surface area contributed by atoms with Gasteiger partial charge in [-0.3, -0.25) is 9.59 Å². The van der Waals surface area contributed by atoms with Crippen molar-refractivity contribution >= 4 is 51.7 Å². The van der Waals surface area contributed by atoms with E-state index in [2.05, 4.69) is 10.3 Å². The number of carbonyl (C=O) groups excluding carboxylic acids is 2. The predicted octanol–water partition coefficient (Wildman–Crippen LogP) is 5.83. The number of nitrogens with zero attached hydrogens (tertiary/aromatic N) is 3. The molecule has 0 radical (unpaired) electrons. The van der Waals surface area contributed by atoms with Crippen LogP contribution < -0.4 is 5.32 Å². The maximum absolute atomic E-state index is 12.8. The highest BCUT2D eigenvalue weighted by molar-refractivity contribution is 8.15. The largest absolute Gasteiger partial charge is 0.326 e. The average Bonchev–Trinajstić information content (AvgIpc) is 3.46. The molecule has 0 aliphatic carbocycles. The summed E-state index contributed by atoms with van der Waals surface area (Å²) < 4.78 is 0. The number of amides is 2. The Morgan fingerprint density at radius 1 is 1.06 bits per heavy atom. The molecule has 2 atom stereocenters. The summed E-state index contributed by atoms with van der Waals surface area (Å²) in [6, 6.07) is 25.1. The number of halogens is 1. The molecule has 2 amide bonds. The van der Waals surface area contributed by atoms with Gasteiger partial charge in [-0.15, -0.1) is 0 Å². The Bertz CT molecular complexity index is 1320. The van der Waals surface area contributed by atoms with E-state index in [0.717, 1.165) is 28.1 Å². The van der Waals surface area contributed by atoms with Gasteiger partial charge in [-0.1, -0.05) is 84.0 Å². The summed E-state index contributed by atoms with van der Waals surface area (Å²) in [7, 11) is 0. The summed E-state index contributed by atoms with van der Waals surface area (Å²) in [4.78, 5) is 29.7. The molecule has 5 rings (SSSR count). The zero-order chi connectivity index (χ0) is 24.4. The molecular formula is C27H23ClN4O2S. The fourth-order valence-electron chi connectivity index (χ4n) is 4.13. The molecule has 2 heterocycles. The molecule has 0 aromatic heterocycles. The highest BCUT2D eigenvalue weighted by Gasteiger charge is 2.39. The lowest BCUT2D eigenvalue weighted by Crippen LogP contribution is -2.25. The summed E-state index contributed by atoms with van der Waals surface area (Å²) in [6.07, 6.45) is 0.709. The van der Waals surface area contributed by atoms with Crippen LogP contribution in [0.4, 0.5) is 5.69 Å². The number of nitrogens with one attached hydrogen (secondary N) is 1. The molecule has 0 saturated heterocycles. The molecule has 0 spiro atoms. The number of anilines is 1. The molecule has 0 saturated carbocycles. The second-order valence-electron chi connectivity index (χ2n) is 8.44. The molecule has 3 aromatic carbocycles. The van der Waals surface area contributed by atoms with E-state index in [-0.39, 0.29) is 24.3 Å². The molecule has 8 heteroatoms. The van der Waals surface area contributed by atoms with E-state index in [1.54, 1.807) is 0 Å². The van der Waals surface area contributed by atoms with E-state index in [9.17, 15) is 9.59 Å². The molecule has 0 fully saturated rings. The van der Waals surface area contributed by atoms with Gasteiger partial charge in [0.15, 0.2) is 5.17 Å². The standard InChI is InChI=1S/C27H23ClN4O2S/c1-17-7-5-6-10-21(17)29-25(33)16-24-26(34)30-27(35-24)32-23(19-8-3-2-4-9-19)15-22(31-32)18-11-13-20(28)14-12-18/h2-14,23-24H,15-16H2,1H3,(H,29,33). The molecule has 0 bridgehead atoms. The Kier molecular flexibility index (Phi) is 6.70. The highest BCUT2D eigenvalue weighted by atomic mass is 35.5. The van der Waals surface area contributed by atoms with Gasteiger partial charge < -0.3 is 5.32 Å². The van der Waals surface area contributed by atoms with E-state index in [1.165, 1.54) is 11.8 Å². The first-order chi connectivity index (χ1) is 17.0. The summed E-state index contributed by atoms with van der Waals surface area (Å²) in [6.45, 7) is 1.93. The van der Waals surface area contributed by atoms with Gasteiger partial charge in [0.2, 0.25) is 5.91 Å². The van der Waals surface area contributed by atoms with Gasteiger partial charge in [0.25, 0.3) is 5.91 Å². The maximum Gasteiger partial charge on any atom is 0.262 e. The van der Waals surface area contributed by atoms with Gasteiger partial charge in [0.05, 0.1) is 11.8 Å². The van der Waals surface area contributed by atoms with Crippen LogP contribution in [-0.2, 0) is 9.59 Å². The molecule has 35 heavy (non-hydrogen) atoms. The van der Waals surface area contributed by atoms with Crippen molar-refractivity contribution in [3.63, 3.8) is 0 Å². The van der Waals surface area contributed by atoms with Gasteiger partial charge in [-0.25, -0.2) is 5.01 Å². The zero-order valence-electron chi connectivity index (χ0n) is 19.0. The Hall–Kier alpha value is -3.42. The molecule has 2 aliphatic rings. The lowest BCUT2D eigenvalue weighted by Gasteiger charge is -2.23. The molecule has 2 unspecified atom stereocenters. The SMILES string of the molecule is Cc1ccccc1NC(=O)CC1SC(N2N=C(c3ccc(Cl)cc3)CC2c2ccccc2)=NC1=O. The van der Waals surface area contributed by atoms with Crippen LogP contribution in [0.1, 0.15) is 35.6 Å². The number of benzene rings is 3. The first-order valence-corrected chi connectivity index (χ1v) is 12.6. The van der Waals surface area contributed by atoms with Crippen LogP contribution in [0.15, 0.2) is 89.0 Å². The van der Waals surface area contributed by atoms with Gasteiger partial charge in [0.1, 0.15) is 5.25 Å². The summed E-state index contributed by atoms with van der Waals surface area (Å²) in [5, 5.41) is 10.2. The van der Waals surface area contributed by atoms with E-state index in [1.807, 2.05) is 90.8 Å². The quantitative estimate of drug-likeness (QED) is 0.476. The predicted molar refractivity (Wildman–Crippen MR) is 142 cm³/mol. The molecule has 176 valence electrons. The Morgan fingerprint density at radius 2 is 1.77 bits per heavy atom. The lowest BCUT2D eigenvalue weighted by molar-refractivity contribution is -0.121. The second-order valence-corrected chi connectivity index (χ2v) is 10.0. The van der Waals surface area contributed by atoms with Crippen LogP contribution in [0.25, 0.3) is 0 Å². The minimum Gasteiger partial charge on any atom is -0.326 e. The third-order valence-corrected chi connectivity index (χ3v) is 7.38. The zero-order valence-corrected chi connectivity index (χ0v) is 20.6. The van der Waals surface area contributed by atoms with Crippen molar-refractivity contribution < 1.29 is 9.59 Å². The minimum absolute atomic E-state index is 0.0441. The highest BCUT2D eigenvalue weighted by Crippen LogP contribution is 2.38. The van der Waals surface area contributed by atoms with Crippen LogP contribution in [0.2, 0.25) is 5.02 Å². The van der Waals surface area contributed by atoms with Gasteiger partial charge in [-0.2, -0.15) is 10.1 Å². The fraction of sp³-hybridized carbons (Fsp3) is 0.185. The van der Waals surface area contributed by atoms with Crippen molar-refractivity contribution in [1.29, 1.82) is 0 Å². The molecule has 1 N–H and O–H groups in total. The number of amidine groups is 1. The van der Waals surface area contributed by atoms with Crippen molar-refractivity contribution in [3.05, 3.63) is 101 Å². The summed E-state index contributed by atoms with van der Waals surface area (Å²) in [5.41, 5.74) is 4.66. The van der Waals surface area contributed by atoms with Crippen LogP contribution in [0, 0.1) is 6.92 Å². The third-order valence-electron chi connectivity index (χ3n) is 5.99. The third kappa shape index (κ3) is 5.16. The average molecular weight is 503 g/mol. The van der Waals surface area contributed by atoms with Crippen LogP contribution in [0.3, 0.4) is 0 Å². The number of aryl methyl sites for hydroxylation is 1. The van der Waals surface area contributed by atoms with Crippen molar-refractivity contribution in [3.8, 4) is 0 Å². The van der Waals surface area contributed by atoms with E-state index in [4.69, 9.17) is 16.7 Å². The maximum atomic E-state index is 12.8. The lowest BCUT2D eigenvalue weighted by atomic mass is 9.99. The monoisotopic (exact) mass is 502 g/mol. The van der Waals surface area contributed by atoms with Crippen molar-refractivity contribution in [1.82, 2.24) is 5.01 Å². The normalized spacial score (nSPS) is 19.5. The van der Waals surface area contributed by atoms with E-state index < -0.39 is 5.25 Å². The smallest absolute Gasteiger partial charge is 0.262 e. The molecule has 6 nitrogen and oxygen atoms in total. The van der Waals surface area contributed by atoms with Gasteiger partial charge in [0, 0.05) is 23.6 Å². The summed E-state index contributed by atoms with van der Waals surface area (Å²) in [5.74, 6) is -0.528. The second kappa shape index (κ2) is 10.1. The first kappa shape index (κ1) is 23.3. The molecule has 3 aromatic rings. The Morgan fingerprint density at radius 3 is 2.51 bits per heavy atom. The number of rotatable bonds is 5. The van der Waals surface area contributed by atoms with Gasteiger partial charge in [-0.05, 0) is 41.8 Å². The summed E-state index contributed by atoms with van der Waals surface area (Å²) >= 11 is 7.36. The van der Waals surface area contributed by atoms with E-state index in [0.29, 0.717) is 16.6 Å². The Balaban J connectivity index is 1.35. The van der Waals surface area contributed by atoms with Crippen LogP contribution in [0.5, 0.6) is 0 Å². The number of hydrogen-bond acceptors (Lipinski definition) is 5. The fourth-order valence-corrected chi connectivity index (χ4v) is 5.31. The number of carbonyl (C=O) groups is 2.